The molecule has 22 heavy (non-hydrogen) atoms. The number of carbonyl (C=O) groups is 1. The predicted octanol–water partition coefficient (Wildman–Crippen LogP) is 4.47. The number of hydrogen-bond donors (Lipinski definition) is 0. The maximum Gasteiger partial charge on any atom is 0.313 e. The maximum atomic E-state index is 11.6. The van der Waals surface area contributed by atoms with Crippen molar-refractivity contribution in [3.05, 3.63) is 42.7 Å². The van der Waals surface area contributed by atoms with Crippen LogP contribution in [0.2, 0.25) is 0 Å². The van der Waals surface area contributed by atoms with E-state index in [4.69, 9.17) is 4.74 Å². The highest BCUT2D eigenvalue weighted by molar-refractivity contribution is 5.78. The van der Waals surface area contributed by atoms with Gasteiger partial charge in [-0.1, -0.05) is 37.8 Å². The molecule has 0 spiro atoms. The van der Waals surface area contributed by atoms with E-state index in [-0.39, 0.29) is 18.0 Å². The lowest BCUT2D eigenvalue weighted by atomic mass is 9.87. The molecule has 1 aromatic heterocycles. The Morgan fingerprint density at radius 1 is 1.18 bits per heavy atom. The first kappa shape index (κ1) is 16.7. The molecule has 0 radical (unpaired) electrons. The number of cyclic esters (lactones) is 1. The largest absolute Gasteiger partial charge is 0.461 e. The van der Waals surface area contributed by atoms with Crippen LogP contribution in [0.25, 0.3) is 0 Å². The monoisotopic (exact) mass is 301 g/mol. The average molecular weight is 301 g/mol. The molecule has 0 unspecified atom stereocenters. The molecule has 0 saturated carbocycles. The molecule has 1 aromatic rings. The van der Waals surface area contributed by atoms with Crippen molar-refractivity contribution >= 4 is 5.97 Å². The minimum Gasteiger partial charge on any atom is -0.461 e. The van der Waals surface area contributed by atoms with E-state index in [0.29, 0.717) is 0 Å². The van der Waals surface area contributed by atoms with Crippen molar-refractivity contribution in [1.29, 1.82) is 0 Å². The van der Waals surface area contributed by atoms with E-state index in [1.165, 1.54) is 31.2 Å². The molecule has 120 valence electrons. The van der Waals surface area contributed by atoms with Gasteiger partial charge in [0.2, 0.25) is 0 Å². The fourth-order valence-electron chi connectivity index (χ4n) is 3.00. The zero-order valence-electron chi connectivity index (χ0n) is 13.4. The van der Waals surface area contributed by atoms with Crippen LogP contribution in [-0.4, -0.2) is 17.1 Å². The summed E-state index contributed by atoms with van der Waals surface area (Å²) in [4.78, 5) is 15.7. The molecule has 2 atom stereocenters. The summed E-state index contributed by atoms with van der Waals surface area (Å²) in [6.07, 6.45) is 15.8. The summed E-state index contributed by atoms with van der Waals surface area (Å²) in [5.41, 5.74) is 1.21. The van der Waals surface area contributed by atoms with Gasteiger partial charge >= 0.3 is 5.97 Å². The molecule has 1 aliphatic heterocycles. The van der Waals surface area contributed by atoms with Crippen LogP contribution in [0.15, 0.2) is 37.2 Å². The first-order valence-electron chi connectivity index (χ1n) is 8.51. The van der Waals surface area contributed by atoms with Gasteiger partial charge in [0.1, 0.15) is 6.10 Å². The molecule has 1 fully saturated rings. The van der Waals surface area contributed by atoms with Crippen LogP contribution in [0.3, 0.4) is 0 Å². The molecular weight excluding hydrogens is 274 g/mol. The van der Waals surface area contributed by atoms with E-state index in [0.717, 1.165) is 32.1 Å². The molecule has 0 aliphatic carbocycles. The van der Waals surface area contributed by atoms with Crippen LogP contribution >= 0.6 is 0 Å². The summed E-state index contributed by atoms with van der Waals surface area (Å²) in [5.74, 6) is 0.132. The number of rotatable bonds is 11. The van der Waals surface area contributed by atoms with Crippen molar-refractivity contribution in [3.8, 4) is 0 Å². The first-order chi connectivity index (χ1) is 10.8. The molecule has 2 rings (SSSR count). The van der Waals surface area contributed by atoms with E-state index in [9.17, 15) is 4.79 Å². The standard InChI is InChI=1S/C19H27NO2/c1-2-3-4-5-6-7-8-11-17-18(22-19(17)21)13-12-16-10-9-14-20-15-16/h2,9-10,14-15,17-18H,1,3-8,11-13H2/t17-,18-/m1/s1. The molecule has 1 saturated heterocycles. The minimum absolute atomic E-state index is 0.00263. The third kappa shape index (κ3) is 5.28. The molecule has 1 aliphatic rings. The SMILES string of the molecule is C=CCCCCCCC[C@H]1C(=O)O[C@@H]1CCc1cccnc1. The molecular formula is C19H27NO2. The van der Waals surface area contributed by atoms with Crippen molar-refractivity contribution in [2.45, 2.75) is 63.9 Å². The van der Waals surface area contributed by atoms with Crippen LogP contribution in [0.1, 0.15) is 56.9 Å². The van der Waals surface area contributed by atoms with Crippen molar-refractivity contribution in [2.24, 2.45) is 5.92 Å². The fraction of sp³-hybridized carbons (Fsp3) is 0.579. The van der Waals surface area contributed by atoms with Gasteiger partial charge in [-0.2, -0.15) is 0 Å². The zero-order valence-corrected chi connectivity index (χ0v) is 13.4. The maximum absolute atomic E-state index is 11.6. The second-order valence-corrected chi connectivity index (χ2v) is 6.12. The predicted molar refractivity (Wildman–Crippen MR) is 88.4 cm³/mol. The van der Waals surface area contributed by atoms with Crippen molar-refractivity contribution in [1.82, 2.24) is 4.98 Å². The number of allylic oxidation sites excluding steroid dienone is 1. The molecule has 2 heterocycles. The Morgan fingerprint density at radius 2 is 2.00 bits per heavy atom. The van der Waals surface area contributed by atoms with Crippen LogP contribution in [-0.2, 0) is 16.0 Å². The quantitative estimate of drug-likeness (QED) is 0.344. The van der Waals surface area contributed by atoms with E-state index in [1.807, 2.05) is 18.3 Å². The lowest BCUT2D eigenvalue weighted by Crippen LogP contribution is -2.45. The number of hydrogen-bond acceptors (Lipinski definition) is 3. The first-order valence-corrected chi connectivity index (χ1v) is 8.51. The number of nitrogens with zero attached hydrogens (tertiary/aromatic N) is 1. The Morgan fingerprint density at radius 3 is 2.73 bits per heavy atom. The second-order valence-electron chi connectivity index (χ2n) is 6.12. The summed E-state index contributed by atoms with van der Waals surface area (Å²) in [6, 6.07) is 4.03. The summed E-state index contributed by atoms with van der Waals surface area (Å²) in [5, 5.41) is 0. The highest BCUT2D eigenvalue weighted by Gasteiger charge is 2.40. The number of unbranched alkanes of at least 4 members (excludes halogenated alkanes) is 5. The minimum atomic E-state index is 0.00263. The third-order valence-electron chi connectivity index (χ3n) is 4.38. The van der Waals surface area contributed by atoms with E-state index >= 15 is 0 Å². The second kappa shape index (κ2) is 9.39. The zero-order chi connectivity index (χ0) is 15.6. The van der Waals surface area contributed by atoms with Crippen LogP contribution in [0.5, 0.6) is 0 Å². The number of esters is 1. The molecule has 0 bridgehead atoms. The summed E-state index contributed by atoms with van der Waals surface area (Å²) < 4.78 is 5.31. The number of aryl methyl sites for hydroxylation is 1. The molecule has 3 heteroatoms. The molecule has 0 amide bonds. The van der Waals surface area contributed by atoms with Crippen molar-refractivity contribution < 1.29 is 9.53 Å². The van der Waals surface area contributed by atoms with Gasteiger partial charge in [0.15, 0.2) is 0 Å². The van der Waals surface area contributed by atoms with Gasteiger partial charge in [-0.15, -0.1) is 6.58 Å². The van der Waals surface area contributed by atoms with Crippen molar-refractivity contribution in [3.63, 3.8) is 0 Å². The van der Waals surface area contributed by atoms with E-state index < -0.39 is 0 Å². The van der Waals surface area contributed by atoms with Gasteiger partial charge in [0.25, 0.3) is 0 Å². The lowest BCUT2D eigenvalue weighted by molar-refractivity contribution is -0.185. The lowest BCUT2D eigenvalue weighted by Gasteiger charge is -2.35. The Balaban J connectivity index is 1.59. The number of ether oxygens (including phenoxy) is 1. The number of carbonyl (C=O) groups excluding carboxylic acids is 1. The number of aromatic nitrogens is 1. The van der Waals surface area contributed by atoms with Gasteiger partial charge in [-0.25, -0.2) is 0 Å². The van der Waals surface area contributed by atoms with Gasteiger partial charge < -0.3 is 4.74 Å². The Kier molecular flexibility index (Phi) is 7.14. The Labute approximate surface area is 133 Å². The highest BCUT2D eigenvalue weighted by Crippen LogP contribution is 2.31. The fourth-order valence-corrected chi connectivity index (χ4v) is 3.00. The number of pyridine rings is 1. The van der Waals surface area contributed by atoms with Gasteiger partial charge in [-0.05, 0) is 43.7 Å². The topological polar surface area (TPSA) is 39.2 Å². The van der Waals surface area contributed by atoms with Gasteiger partial charge in [0.05, 0.1) is 5.92 Å². The van der Waals surface area contributed by atoms with E-state index in [2.05, 4.69) is 17.6 Å². The molecule has 0 aromatic carbocycles. The highest BCUT2D eigenvalue weighted by atomic mass is 16.6. The van der Waals surface area contributed by atoms with Crippen LogP contribution in [0, 0.1) is 5.92 Å². The van der Waals surface area contributed by atoms with Crippen LogP contribution < -0.4 is 0 Å². The summed E-state index contributed by atoms with van der Waals surface area (Å²) >= 11 is 0. The third-order valence-corrected chi connectivity index (χ3v) is 4.38. The average Bonchev–Trinajstić information content (AvgIpc) is 2.54. The van der Waals surface area contributed by atoms with Gasteiger partial charge in [0, 0.05) is 12.4 Å². The smallest absolute Gasteiger partial charge is 0.313 e. The summed E-state index contributed by atoms with van der Waals surface area (Å²) in [7, 11) is 0. The summed E-state index contributed by atoms with van der Waals surface area (Å²) in [6.45, 7) is 3.74. The Bertz CT molecular complexity index is 458. The van der Waals surface area contributed by atoms with E-state index in [1.54, 1.807) is 6.20 Å². The van der Waals surface area contributed by atoms with Crippen molar-refractivity contribution in [2.75, 3.05) is 0 Å². The van der Waals surface area contributed by atoms with Crippen LogP contribution in [0.4, 0.5) is 0 Å². The molecule has 3 nitrogen and oxygen atoms in total. The normalized spacial score (nSPS) is 20.3. The molecule has 0 N–H and O–H groups in total. The Hall–Kier alpha value is -1.64. The van der Waals surface area contributed by atoms with Gasteiger partial charge in [-0.3, -0.25) is 9.78 Å².